The van der Waals surface area contributed by atoms with Crippen molar-refractivity contribution in [3.8, 4) is 23.3 Å². The lowest BCUT2D eigenvalue weighted by Gasteiger charge is -2.16. The summed E-state index contributed by atoms with van der Waals surface area (Å²) in [5.41, 5.74) is 2.86. The van der Waals surface area contributed by atoms with Crippen LogP contribution in [0.3, 0.4) is 0 Å². The van der Waals surface area contributed by atoms with Gasteiger partial charge in [-0.2, -0.15) is 5.26 Å². The maximum atomic E-state index is 13.0. The van der Waals surface area contributed by atoms with Crippen LogP contribution in [0.4, 0.5) is 5.69 Å². The van der Waals surface area contributed by atoms with Crippen LogP contribution < -0.4 is 19.5 Å². The highest BCUT2D eigenvalue weighted by molar-refractivity contribution is 9.10. The zero-order valence-corrected chi connectivity index (χ0v) is 27.2. The average Bonchev–Trinajstić information content (AvgIpc) is 3.03. The largest absolute Gasteiger partial charge is 0.490 e. The predicted octanol–water partition coefficient (Wildman–Crippen LogP) is 10.0. The second kappa shape index (κ2) is 15.0. The monoisotopic (exact) mass is 700 g/mol. The van der Waals surface area contributed by atoms with Gasteiger partial charge in [0.25, 0.3) is 5.91 Å². The molecule has 0 saturated heterocycles. The molecule has 0 heterocycles. The Labute approximate surface area is 279 Å². The SMILES string of the molecule is CCOc1cc(/C=C(\C#N)C(=O)Nc2ccc(OCc3ccc(Cl)cc3Cl)cc2)cc(Br)c1OCc1cccc2ccccc12. The van der Waals surface area contributed by atoms with E-state index in [1.165, 1.54) is 6.08 Å². The molecule has 0 unspecified atom stereocenters. The van der Waals surface area contributed by atoms with Crippen LogP contribution >= 0.6 is 39.1 Å². The fourth-order valence-corrected chi connectivity index (χ4v) is 5.63. The molecule has 0 aliphatic heterocycles. The van der Waals surface area contributed by atoms with Gasteiger partial charge in [-0.25, -0.2) is 0 Å². The van der Waals surface area contributed by atoms with Gasteiger partial charge in [0, 0.05) is 21.3 Å². The summed E-state index contributed by atoms with van der Waals surface area (Å²) in [5, 5.41) is 15.9. The first kappa shape index (κ1) is 31.9. The van der Waals surface area contributed by atoms with E-state index in [1.807, 2.05) is 37.3 Å². The molecule has 0 spiro atoms. The summed E-state index contributed by atoms with van der Waals surface area (Å²) < 4.78 is 18.6. The highest BCUT2D eigenvalue weighted by Gasteiger charge is 2.16. The number of carbonyl (C=O) groups is 1. The van der Waals surface area contributed by atoms with Crippen molar-refractivity contribution in [1.29, 1.82) is 5.26 Å². The number of halogens is 3. The zero-order chi connectivity index (χ0) is 31.8. The lowest BCUT2D eigenvalue weighted by molar-refractivity contribution is -0.112. The summed E-state index contributed by atoms with van der Waals surface area (Å²) in [7, 11) is 0. The molecule has 6 nitrogen and oxygen atoms in total. The first-order valence-corrected chi connectivity index (χ1v) is 15.5. The van der Waals surface area contributed by atoms with E-state index in [1.54, 1.807) is 54.6 Å². The number of rotatable bonds is 11. The first-order chi connectivity index (χ1) is 21.8. The summed E-state index contributed by atoms with van der Waals surface area (Å²) in [5.74, 6) is 1.06. The van der Waals surface area contributed by atoms with Crippen LogP contribution in [-0.2, 0) is 18.0 Å². The maximum Gasteiger partial charge on any atom is 0.266 e. The van der Waals surface area contributed by atoms with Gasteiger partial charge >= 0.3 is 0 Å². The second-order valence-electron chi connectivity index (χ2n) is 9.86. The number of amides is 1. The summed E-state index contributed by atoms with van der Waals surface area (Å²) in [6.45, 7) is 2.87. The highest BCUT2D eigenvalue weighted by atomic mass is 79.9. The molecular formula is C36H27BrCl2N2O4. The Morgan fingerprint density at radius 3 is 2.40 bits per heavy atom. The number of carbonyl (C=O) groups excluding carboxylic acids is 1. The molecule has 0 bridgehead atoms. The van der Waals surface area contributed by atoms with Gasteiger partial charge in [0.1, 0.15) is 30.6 Å². The van der Waals surface area contributed by atoms with Crippen molar-refractivity contribution < 1.29 is 19.0 Å². The Balaban J connectivity index is 1.27. The minimum atomic E-state index is -0.551. The third kappa shape index (κ3) is 8.17. The number of nitrogens with zero attached hydrogens (tertiary/aromatic N) is 1. The van der Waals surface area contributed by atoms with E-state index in [4.69, 9.17) is 37.4 Å². The number of nitriles is 1. The van der Waals surface area contributed by atoms with Crippen LogP contribution in [0.1, 0.15) is 23.6 Å². The fourth-order valence-electron chi connectivity index (χ4n) is 4.59. The Morgan fingerprint density at radius 1 is 0.889 bits per heavy atom. The molecule has 9 heteroatoms. The molecular weight excluding hydrogens is 675 g/mol. The van der Waals surface area contributed by atoms with Crippen LogP contribution in [0.15, 0.2) is 107 Å². The third-order valence-corrected chi connectivity index (χ3v) is 7.96. The van der Waals surface area contributed by atoms with Crippen molar-refractivity contribution in [3.05, 3.63) is 134 Å². The number of anilines is 1. The van der Waals surface area contributed by atoms with Gasteiger partial charge in [-0.1, -0.05) is 71.7 Å². The van der Waals surface area contributed by atoms with Crippen LogP contribution in [0.2, 0.25) is 10.0 Å². The number of benzene rings is 5. The quantitative estimate of drug-likeness (QED) is 0.110. The van der Waals surface area contributed by atoms with Crippen LogP contribution in [-0.4, -0.2) is 12.5 Å². The minimum Gasteiger partial charge on any atom is -0.490 e. The molecule has 0 saturated carbocycles. The van der Waals surface area contributed by atoms with Crippen molar-refractivity contribution in [1.82, 2.24) is 0 Å². The van der Waals surface area contributed by atoms with Gasteiger partial charge in [0.15, 0.2) is 11.5 Å². The molecule has 0 aromatic heterocycles. The molecule has 0 aliphatic carbocycles. The van der Waals surface area contributed by atoms with Crippen LogP contribution in [0.25, 0.3) is 16.8 Å². The number of ether oxygens (including phenoxy) is 3. The second-order valence-corrected chi connectivity index (χ2v) is 11.6. The van der Waals surface area contributed by atoms with Gasteiger partial charge in [-0.05, 0) is 99.4 Å². The number of nitrogens with one attached hydrogen (secondary N) is 1. The Morgan fingerprint density at radius 2 is 1.64 bits per heavy atom. The molecule has 5 aromatic carbocycles. The van der Waals surface area contributed by atoms with Crippen molar-refractivity contribution >= 4 is 67.6 Å². The number of hydrogen-bond donors (Lipinski definition) is 1. The maximum absolute atomic E-state index is 13.0. The standard InChI is InChI=1S/C36H27BrCl2N2O4/c1-2-43-34-18-23(17-32(37)35(34)45-21-25-8-5-7-24-6-3-4-9-31(24)25)16-27(20-40)36(42)41-29-12-14-30(15-13-29)44-22-26-10-11-28(38)19-33(26)39/h3-19H,2,21-22H2,1H3,(H,41,42)/b27-16+. The van der Waals surface area contributed by atoms with Gasteiger partial charge in [0.05, 0.1) is 11.1 Å². The molecule has 0 atom stereocenters. The van der Waals surface area contributed by atoms with Crippen molar-refractivity contribution in [2.24, 2.45) is 0 Å². The lowest BCUT2D eigenvalue weighted by atomic mass is 10.1. The van der Waals surface area contributed by atoms with E-state index in [-0.39, 0.29) is 12.2 Å². The Bertz CT molecular complexity index is 1910. The zero-order valence-electron chi connectivity index (χ0n) is 24.2. The summed E-state index contributed by atoms with van der Waals surface area (Å²) in [4.78, 5) is 13.0. The first-order valence-electron chi connectivity index (χ1n) is 14.0. The van der Waals surface area contributed by atoms with E-state index in [0.717, 1.165) is 21.9 Å². The minimum absolute atomic E-state index is 0.0773. The molecule has 45 heavy (non-hydrogen) atoms. The summed E-state index contributed by atoms with van der Waals surface area (Å²) in [6, 6.07) is 31.8. The van der Waals surface area contributed by atoms with E-state index in [0.29, 0.717) is 56.2 Å². The van der Waals surface area contributed by atoms with Crippen LogP contribution in [0, 0.1) is 11.3 Å². The van der Waals surface area contributed by atoms with Crippen molar-refractivity contribution in [3.63, 3.8) is 0 Å². The van der Waals surface area contributed by atoms with E-state index < -0.39 is 5.91 Å². The normalized spacial score (nSPS) is 11.1. The van der Waals surface area contributed by atoms with Gasteiger partial charge in [-0.15, -0.1) is 0 Å². The number of hydrogen-bond acceptors (Lipinski definition) is 5. The van der Waals surface area contributed by atoms with E-state index >= 15 is 0 Å². The van der Waals surface area contributed by atoms with Crippen LogP contribution in [0.5, 0.6) is 17.2 Å². The van der Waals surface area contributed by atoms with Gasteiger partial charge in [-0.3, -0.25) is 4.79 Å². The fraction of sp³-hybridized carbons (Fsp3) is 0.111. The molecule has 5 aromatic rings. The smallest absolute Gasteiger partial charge is 0.266 e. The summed E-state index contributed by atoms with van der Waals surface area (Å²) >= 11 is 15.8. The number of fused-ring (bicyclic) bond motifs is 1. The molecule has 1 amide bonds. The summed E-state index contributed by atoms with van der Waals surface area (Å²) in [6.07, 6.45) is 1.50. The van der Waals surface area contributed by atoms with Crippen molar-refractivity contribution in [2.75, 3.05) is 11.9 Å². The molecule has 0 radical (unpaired) electrons. The molecule has 1 N–H and O–H groups in total. The van der Waals surface area contributed by atoms with E-state index in [9.17, 15) is 10.1 Å². The molecule has 0 aliphatic rings. The van der Waals surface area contributed by atoms with Gasteiger partial charge in [0.2, 0.25) is 0 Å². The predicted molar refractivity (Wildman–Crippen MR) is 183 cm³/mol. The Kier molecular flexibility index (Phi) is 10.6. The third-order valence-electron chi connectivity index (χ3n) is 6.78. The highest BCUT2D eigenvalue weighted by Crippen LogP contribution is 2.38. The molecule has 5 rings (SSSR count). The Hall–Kier alpha value is -4.48. The molecule has 226 valence electrons. The lowest BCUT2D eigenvalue weighted by Crippen LogP contribution is -2.13. The van der Waals surface area contributed by atoms with E-state index in [2.05, 4.69) is 39.4 Å². The topological polar surface area (TPSA) is 80.6 Å². The van der Waals surface area contributed by atoms with Gasteiger partial charge < -0.3 is 19.5 Å². The van der Waals surface area contributed by atoms with Crippen molar-refractivity contribution in [2.45, 2.75) is 20.1 Å². The average molecular weight is 702 g/mol. The molecule has 0 fully saturated rings.